The van der Waals surface area contributed by atoms with E-state index < -0.39 is 11.7 Å². The molecule has 134 valence electrons. The van der Waals surface area contributed by atoms with Crippen LogP contribution < -0.4 is 10.2 Å². The maximum Gasteiger partial charge on any atom is 0.292 e. The molecule has 0 spiro atoms. The molecule has 0 aliphatic heterocycles. The number of carbonyl (C=O) groups is 2. The van der Waals surface area contributed by atoms with Crippen LogP contribution in [0.5, 0.6) is 0 Å². The van der Waals surface area contributed by atoms with Crippen LogP contribution in [0.3, 0.4) is 0 Å². The Hall–Kier alpha value is -2.63. The molecule has 0 unspecified atom stereocenters. The number of nitrogens with zero attached hydrogens (tertiary/aromatic N) is 3. The first-order chi connectivity index (χ1) is 11.8. The van der Waals surface area contributed by atoms with Gasteiger partial charge in [-0.05, 0) is 45.4 Å². The van der Waals surface area contributed by atoms with Crippen molar-refractivity contribution >= 4 is 17.4 Å². The van der Waals surface area contributed by atoms with Gasteiger partial charge in [0.1, 0.15) is 0 Å². The Labute approximate surface area is 148 Å². The van der Waals surface area contributed by atoms with Crippen molar-refractivity contribution in [3.05, 3.63) is 46.8 Å². The summed E-state index contributed by atoms with van der Waals surface area (Å²) in [5.41, 5.74) is 3.98. The van der Waals surface area contributed by atoms with Crippen LogP contribution in [0, 0.1) is 20.8 Å². The van der Waals surface area contributed by atoms with Crippen molar-refractivity contribution in [2.45, 2.75) is 27.7 Å². The highest BCUT2D eigenvalue weighted by molar-refractivity contribution is 6.43. The number of benzene rings is 1. The second-order valence-electron chi connectivity index (χ2n) is 6.17. The van der Waals surface area contributed by atoms with Crippen LogP contribution >= 0.6 is 0 Å². The molecule has 0 bridgehead atoms. The van der Waals surface area contributed by atoms with Gasteiger partial charge >= 0.3 is 0 Å². The van der Waals surface area contributed by atoms with Crippen molar-refractivity contribution in [3.8, 4) is 0 Å². The van der Waals surface area contributed by atoms with Crippen LogP contribution in [0.25, 0.3) is 0 Å². The number of nitrogens with one attached hydrogen (secondary N) is 1. The van der Waals surface area contributed by atoms with Crippen molar-refractivity contribution < 1.29 is 9.59 Å². The average molecular weight is 342 g/mol. The fraction of sp³-hybridized carbons (Fsp3) is 0.421. The molecular formula is C19H26N4O2. The first-order valence-electron chi connectivity index (χ1n) is 8.49. The summed E-state index contributed by atoms with van der Waals surface area (Å²) in [7, 11) is 1.76. The molecule has 0 saturated carbocycles. The predicted octanol–water partition coefficient (Wildman–Crippen LogP) is 2.17. The maximum atomic E-state index is 12.4. The normalized spacial score (nSPS) is 10.6. The maximum absolute atomic E-state index is 12.4. The quantitative estimate of drug-likeness (QED) is 0.618. The third-order valence-corrected chi connectivity index (χ3v) is 4.36. The van der Waals surface area contributed by atoms with Gasteiger partial charge in [0.15, 0.2) is 0 Å². The number of rotatable bonds is 7. The summed E-state index contributed by atoms with van der Waals surface area (Å²) in [5, 5.41) is 6.92. The van der Waals surface area contributed by atoms with Gasteiger partial charge in [-0.2, -0.15) is 5.10 Å². The van der Waals surface area contributed by atoms with Gasteiger partial charge in [0.2, 0.25) is 0 Å². The second-order valence-corrected chi connectivity index (χ2v) is 6.17. The van der Waals surface area contributed by atoms with Crippen molar-refractivity contribution in [3.63, 3.8) is 0 Å². The summed E-state index contributed by atoms with van der Waals surface area (Å²) < 4.78 is 1.62. The number of Topliss-reactive ketones (excluding diaryl/α,β-unsaturated/α-hetero) is 1. The molecule has 0 radical (unpaired) electrons. The number of amides is 1. The number of hydrogen-bond donors (Lipinski definition) is 1. The van der Waals surface area contributed by atoms with E-state index in [0.29, 0.717) is 30.0 Å². The molecule has 1 aromatic carbocycles. The number of ketones is 1. The number of anilines is 1. The van der Waals surface area contributed by atoms with E-state index in [4.69, 9.17) is 0 Å². The summed E-state index contributed by atoms with van der Waals surface area (Å²) in [6.45, 7) is 9.53. The number of hydrogen-bond acceptors (Lipinski definition) is 4. The third-order valence-electron chi connectivity index (χ3n) is 4.36. The van der Waals surface area contributed by atoms with E-state index >= 15 is 0 Å². The van der Waals surface area contributed by atoms with Gasteiger partial charge in [-0.1, -0.05) is 12.1 Å². The Morgan fingerprint density at radius 2 is 1.96 bits per heavy atom. The first-order valence-corrected chi connectivity index (χ1v) is 8.49. The third kappa shape index (κ3) is 4.26. The zero-order chi connectivity index (χ0) is 18.6. The first kappa shape index (κ1) is 18.7. The lowest BCUT2D eigenvalue weighted by atomic mass is 10.1. The fourth-order valence-electron chi connectivity index (χ4n) is 2.89. The monoisotopic (exact) mass is 342 g/mol. The fourth-order valence-corrected chi connectivity index (χ4v) is 2.89. The van der Waals surface area contributed by atoms with Crippen LogP contribution in [0.15, 0.2) is 24.3 Å². The van der Waals surface area contributed by atoms with Gasteiger partial charge in [0.05, 0.1) is 11.3 Å². The van der Waals surface area contributed by atoms with Gasteiger partial charge < -0.3 is 10.2 Å². The summed E-state index contributed by atoms with van der Waals surface area (Å²) >= 11 is 0. The zero-order valence-electron chi connectivity index (χ0n) is 15.6. The molecule has 0 saturated heterocycles. The molecule has 1 heterocycles. The molecule has 25 heavy (non-hydrogen) atoms. The molecule has 0 aliphatic rings. The minimum absolute atomic E-state index is 0.394. The van der Waals surface area contributed by atoms with E-state index in [1.165, 1.54) is 5.56 Å². The van der Waals surface area contributed by atoms with E-state index in [2.05, 4.69) is 41.3 Å². The summed E-state index contributed by atoms with van der Waals surface area (Å²) in [6, 6.07) is 8.23. The lowest BCUT2D eigenvalue weighted by Crippen LogP contribution is -2.38. The van der Waals surface area contributed by atoms with Crippen molar-refractivity contribution in [1.29, 1.82) is 0 Å². The standard InChI is InChI=1S/C19H26N4O2/c1-6-23(16-9-7-8-13(2)12-16)11-10-20-19(25)18(24)17-14(3)21-22(5)15(17)4/h7-9,12H,6,10-11H2,1-5H3,(H,20,25). The lowest BCUT2D eigenvalue weighted by Gasteiger charge is -2.23. The molecule has 0 fully saturated rings. The highest BCUT2D eigenvalue weighted by Gasteiger charge is 2.23. The Balaban J connectivity index is 1.96. The van der Waals surface area contributed by atoms with E-state index in [0.717, 1.165) is 12.2 Å². The molecule has 1 aromatic heterocycles. The van der Waals surface area contributed by atoms with E-state index in [-0.39, 0.29) is 0 Å². The van der Waals surface area contributed by atoms with Crippen LogP contribution in [0.1, 0.15) is 34.2 Å². The van der Waals surface area contributed by atoms with Crippen LogP contribution in [-0.2, 0) is 11.8 Å². The van der Waals surface area contributed by atoms with Gasteiger partial charge in [-0.3, -0.25) is 14.3 Å². The zero-order valence-corrected chi connectivity index (χ0v) is 15.6. The topological polar surface area (TPSA) is 67.2 Å². The second kappa shape index (κ2) is 7.96. The van der Waals surface area contributed by atoms with Crippen molar-refractivity contribution in [2.75, 3.05) is 24.5 Å². The molecule has 1 amide bonds. The van der Waals surface area contributed by atoms with Crippen LogP contribution in [0.2, 0.25) is 0 Å². The Morgan fingerprint density at radius 3 is 2.52 bits per heavy atom. The van der Waals surface area contributed by atoms with Crippen LogP contribution in [0.4, 0.5) is 5.69 Å². The predicted molar refractivity (Wildman–Crippen MR) is 99.1 cm³/mol. The molecule has 1 N–H and O–H groups in total. The number of aryl methyl sites for hydroxylation is 3. The van der Waals surface area contributed by atoms with Gasteiger partial charge in [-0.25, -0.2) is 0 Å². The SMILES string of the molecule is CCN(CCNC(=O)C(=O)c1c(C)nn(C)c1C)c1cccc(C)c1. The number of likely N-dealkylation sites (N-methyl/N-ethyl adjacent to an activating group) is 1. The highest BCUT2D eigenvalue weighted by atomic mass is 16.2. The van der Waals surface area contributed by atoms with Crippen molar-refractivity contribution in [1.82, 2.24) is 15.1 Å². The molecular weight excluding hydrogens is 316 g/mol. The minimum Gasteiger partial charge on any atom is -0.370 e. The smallest absolute Gasteiger partial charge is 0.292 e. The van der Waals surface area contributed by atoms with Gasteiger partial charge in [0, 0.05) is 38.1 Å². The van der Waals surface area contributed by atoms with E-state index in [1.54, 1.807) is 25.6 Å². The largest absolute Gasteiger partial charge is 0.370 e. The Morgan fingerprint density at radius 1 is 1.24 bits per heavy atom. The summed E-state index contributed by atoms with van der Waals surface area (Å²) in [6.07, 6.45) is 0. The Bertz CT molecular complexity index is 780. The highest BCUT2D eigenvalue weighted by Crippen LogP contribution is 2.15. The Kier molecular flexibility index (Phi) is 5.96. The summed E-state index contributed by atoms with van der Waals surface area (Å²) in [5.74, 6) is -1.11. The molecule has 2 aromatic rings. The van der Waals surface area contributed by atoms with Gasteiger partial charge in [0.25, 0.3) is 11.7 Å². The number of carbonyl (C=O) groups excluding carboxylic acids is 2. The van der Waals surface area contributed by atoms with Crippen LogP contribution in [-0.4, -0.2) is 41.1 Å². The lowest BCUT2D eigenvalue weighted by molar-refractivity contribution is -0.116. The minimum atomic E-state index is -0.584. The molecule has 0 atom stereocenters. The van der Waals surface area contributed by atoms with Crippen molar-refractivity contribution in [2.24, 2.45) is 7.05 Å². The van der Waals surface area contributed by atoms with E-state index in [9.17, 15) is 9.59 Å². The molecule has 0 aliphatic carbocycles. The molecule has 2 rings (SSSR count). The van der Waals surface area contributed by atoms with E-state index in [1.807, 2.05) is 12.1 Å². The summed E-state index contributed by atoms with van der Waals surface area (Å²) in [4.78, 5) is 26.7. The van der Waals surface area contributed by atoms with Gasteiger partial charge in [-0.15, -0.1) is 0 Å². The average Bonchev–Trinajstić information content (AvgIpc) is 2.83. The molecule has 6 heteroatoms. The number of aromatic nitrogens is 2. The molecule has 6 nitrogen and oxygen atoms in total.